The van der Waals surface area contributed by atoms with Gasteiger partial charge >= 0.3 is 0 Å². The molecule has 92 valence electrons. The Morgan fingerprint density at radius 3 is 2.53 bits per heavy atom. The van der Waals surface area contributed by atoms with E-state index in [2.05, 4.69) is 19.2 Å². The second kappa shape index (κ2) is 10.4. The highest BCUT2D eigenvalue weighted by atomic mass is 16.5. The Bertz CT molecular complexity index is 125. The summed E-state index contributed by atoms with van der Waals surface area (Å²) in [6.07, 6.45) is 5.83. The lowest BCUT2D eigenvalue weighted by Gasteiger charge is -2.22. The van der Waals surface area contributed by atoms with Gasteiger partial charge in [0, 0.05) is 25.8 Å². The van der Waals surface area contributed by atoms with Crippen molar-refractivity contribution in [2.75, 3.05) is 20.3 Å². The topological polar surface area (TPSA) is 41.5 Å². The normalized spacial score (nSPS) is 15.2. The van der Waals surface area contributed by atoms with E-state index in [1.54, 1.807) is 7.11 Å². The minimum absolute atomic E-state index is 0.225. The Morgan fingerprint density at radius 1 is 1.27 bits per heavy atom. The van der Waals surface area contributed by atoms with Crippen molar-refractivity contribution < 1.29 is 9.84 Å². The summed E-state index contributed by atoms with van der Waals surface area (Å²) in [5.41, 5.74) is 0. The first-order chi connectivity index (χ1) is 7.24. The Labute approximate surface area is 94.2 Å². The molecule has 2 atom stereocenters. The lowest BCUT2D eigenvalue weighted by Crippen LogP contribution is -2.40. The van der Waals surface area contributed by atoms with Crippen LogP contribution in [0.25, 0.3) is 0 Å². The molecule has 0 aliphatic carbocycles. The highest BCUT2D eigenvalue weighted by Crippen LogP contribution is 2.04. The van der Waals surface area contributed by atoms with Gasteiger partial charge in [-0.25, -0.2) is 0 Å². The molecule has 0 fully saturated rings. The van der Waals surface area contributed by atoms with Crippen LogP contribution < -0.4 is 5.32 Å². The molecule has 0 aromatic carbocycles. The first kappa shape index (κ1) is 14.9. The van der Waals surface area contributed by atoms with Gasteiger partial charge in [0.05, 0.1) is 6.61 Å². The Balaban J connectivity index is 3.62. The van der Waals surface area contributed by atoms with E-state index in [-0.39, 0.29) is 12.6 Å². The summed E-state index contributed by atoms with van der Waals surface area (Å²) in [5.74, 6) is 0. The summed E-state index contributed by atoms with van der Waals surface area (Å²) in [6.45, 7) is 5.33. The SMILES string of the molecule is CCCCCC(C)NC(CCO)COC. The standard InChI is InChI=1S/C12H27NO2/c1-4-5-6-7-11(2)13-12(8-9-14)10-15-3/h11-14H,4-10H2,1-3H3. The number of aliphatic hydroxyl groups is 1. The molecule has 2 unspecified atom stereocenters. The van der Waals surface area contributed by atoms with Crippen LogP contribution in [0.2, 0.25) is 0 Å². The molecule has 0 rings (SSSR count). The third-order valence-corrected chi connectivity index (χ3v) is 2.61. The van der Waals surface area contributed by atoms with E-state index in [1.165, 1.54) is 25.7 Å². The van der Waals surface area contributed by atoms with Crippen LogP contribution in [-0.4, -0.2) is 37.5 Å². The molecule has 2 N–H and O–H groups in total. The number of unbranched alkanes of at least 4 members (excludes halogenated alkanes) is 2. The molecule has 3 heteroatoms. The molecule has 0 aliphatic heterocycles. The maximum absolute atomic E-state index is 8.89. The van der Waals surface area contributed by atoms with Crippen molar-refractivity contribution in [2.45, 2.75) is 58.0 Å². The Kier molecular flexibility index (Phi) is 10.3. The second-order valence-electron chi connectivity index (χ2n) is 4.23. The number of aliphatic hydroxyl groups excluding tert-OH is 1. The highest BCUT2D eigenvalue weighted by Gasteiger charge is 2.10. The summed E-state index contributed by atoms with van der Waals surface area (Å²) in [4.78, 5) is 0. The zero-order valence-corrected chi connectivity index (χ0v) is 10.5. The quantitative estimate of drug-likeness (QED) is 0.550. The molecule has 0 aromatic rings. The van der Waals surface area contributed by atoms with Crippen LogP contribution in [0.5, 0.6) is 0 Å². The monoisotopic (exact) mass is 217 g/mol. The minimum Gasteiger partial charge on any atom is -0.396 e. The molecular formula is C12H27NO2. The van der Waals surface area contributed by atoms with E-state index in [0.717, 1.165) is 6.42 Å². The van der Waals surface area contributed by atoms with Gasteiger partial charge in [0.25, 0.3) is 0 Å². The summed E-state index contributed by atoms with van der Waals surface area (Å²) < 4.78 is 5.11. The Hall–Kier alpha value is -0.120. The number of nitrogens with one attached hydrogen (secondary N) is 1. The second-order valence-corrected chi connectivity index (χ2v) is 4.23. The van der Waals surface area contributed by atoms with Crippen LogP contribution in [0.4, 0.5) is 0 Å². The zero-order valence-electron chi connectivity index (χ0n) is 10.5. The van der Waals surface area contributed by atoms with Gasteiger partial charge in [0.1, 0.15) is 0 Å². The molecule has 0 aliphatic rings. The maximum Gasteiger partial charge on any atom is 0.0616 e. The zero-order chi connectivity index (χ0) is 11.5. The molecule has 0 amide bonds. The first-order valence-electron chi connectivity index (χ1n) is 6.10. The van der Waals surface area contributed by atoms with Crippen molar-refractivity contribution in [2.24, 2.45) is 0 Å². The third kappa shape index (κ3) is 8.85. The van der Waals surface area contributed by atoms with Crippen molar-refractivity contribution >= 4 is 0 Å². The summed E-state index contributed by atoms with van der Waals surface area (Å²) in [5, 5.41) is 12.4. The van der Waals surface area contributed by atoms with Crippen LogP contribution in [0, 0.1) is 0 Å². The molecule has 0 saturated carbocycles. The van der Waals surface area contributed by atoms with Crippen LogP contribution >= 0.6 is 0 Å². The molecule has 0 aromatic heterocycles. The van der Waals surface area contributed by atoms with Crippen molar-refractivity contribution in [3.63, 3.8) is 0 Å². The van der Waals surface area contributed by atoms with Gasteiger partial charge in [-0.3, -0.25) is 0 Å². The van der Waals surface area contributed by atoms with Gasteiger partial charge in [0.2, 0.25) is 0 Å². The maximum atomic E-state index is 8.89. The minimum atomic E-state index is 0.225. The number of rotatable bonds is 10. The molecule has 0 bridgehead atoms. The van der Waals surface area contributed by atoms with Crippen molar-refractivity contribution in [1.82, 2.24) is 5.32 Å². The van der Waals surface area contributed by atoms with Crippen LogP contribution in [-0.2, 0) is 4.74 Å². The fourth-order valence-corrected chi connectivity index (χ4v) is 1.76. The third-order valence-electron chi connectivity index (χ3n) is 2.61. The number of hydrogen-bond donors (Lipinski definition) is 2. The van der Waals surface area contributed by atoms with Crippen molar-refractivity contribution in [3.8, 4) is 0 Å². The van der Waals surface area contributed by atoms with E-state index >= 15 is 0 Å². The number of methoxy groups -OCH3 is 1. The largest absolute Gasteiger partial charge is 0.396 e. The summed E-state index contributed by atoms with van der Waals surface area (Å²) in [7, 11) is 1.70. The van der Waals surface area contributed by atoms with Crippen molar-refractivity contribution in [1.29, 1.82) is 0 Å². The smallest absolute Gasteiger partial charge is 0.0616 e. The first-order valence-corrected chi connectivity index (χ1v) is 6.10. The van der Waals surface area contributed by atoms with Gasteiger partial charge in [-0.15, -0.1) is 0 Å². The highest BCUT2D eigenvalue weighted by molar-refractivity contribution is 4.71. The fraction of sp³-hybridized carbons (Fsp3) is 1.00. The molecular weight excluding hydrogens is 190 g/mol. The van der Waals surface area contributed by atoms with E-state index < -0.39 is 0 Å². The van der Waals surface area contributed by atoms with E-state index in [0.29, 0.717) is 12.6 Å². The van der Waals surface area contributed by atoms with Crippen LogP contribution in [0.1, 0.15) is 46.0 Å². The average molecular weight is 217 g/mol. The van der Waals surface area contributed by atoms with Gasteiger partial charge < -0.3 is 15.2 Å². The molecule has 0 saturated heterocycles. The van der Waals surface area contributed by atoms with Gasteiger partial charge in [0.15, 0.2) is 0 Å². The Morgan fingerprint density at radius 2 is 2.00 bits per heavy atom. The number of hydrogen-bond acceptors (Lipinski definition) is 3. The molecule has 15 heavy (non-hydrogen) atoms. The summed E-state index contributed by atoms with van der Waals surface area (Å²) >= 11 is 0. The average Bonchev–Trinajstić information content (AvgIpc) is 2.19. The molecule has 3 nitrogen and oxygen atoms in total. The summed E-state index contributed by atoms with van der Waals surface area (Å²) in [6, 6.07) is 0.805. The fourth-order valence-electron chi connectivity index (χ4n) is 1.76. The predicted octanol–water partition coefficient (Wildman–Crippen LogP) is 1.94. The van der Waals surface area contributed by atoms with E-state index in [4.69, 9.17) is 9.84 Å². The molecule has 0 radical (unpaired) electrons. The van der Waals surface area contributed by atoms with E-state index in [1.807, 2.05) is 0 Å². The van der Waals surface area contributed by atoms with Gasteiger partial charge in [-0.1, -0.05) is 26.2 Å². The number of ether oxygens (including phenoxy) is 1. The van der Waals surface area contributed by atoms with Gasteiger partial charge in [-0.05, 0) is 19.8 Å². The lowest BCUT2D eigenvalue weighted by atomic mass is 10.1. The predicted molar refractivity (Wildman–Crippen MR) is 64.1 cm³/mol. The van der Waals surface area contributed by atoms with Crippen molar-refractivity contribution in [3.05, 3.63) is 0 Å². The van der Waals surface area contributed by atoms with E-state index in [9.17, 15) is 0 Å². The van der Waals surface area contributed by atoms with Crippen LogP contribution in [0.15, 0.2) is 0 Å². The molecule has 0 heterocycles. The molecule has 0 spiro atoms. The lowest BCUT2D eigenvalue weighted by molar-refractivity contribution is 0.142. The van der Waals surface area contributed by atoms with Crippen LogP contribution in [0.3, 0.4) is 0 Å². The van der Waals surface area contributed by atoms with Gasteiger partial charge in [-0.2, -0.15) is 0 Å².